The Labute approximate surface area is 292 Å². The molecule has 1 aromatic heterocycles. The lowest BCUT2D eigenvalue weighted by Crippen LogP contribution is -2.03. The first-order chi connectivity index (χ1) is 24.8. The zero-order chi connectivity index (χ0) is 33.3. The molecule has 0 aliphatic carbocycles. The van der Waals surface area contributed by atoms with E-state index in [2.05, 4.69) is 188 Å². The van der Waals surface area contributed by atoms with Gasteiger partial charge in [0.05, 0.1) is 0 Å². The summed E-state index contributed by atoms with van der Waals surface area (Å²) in [4.78, 5) is 0. The van der Waals surface area contributed by atoms with Gasteiger partial charge in [-0.05, 0) is 67.8 Å². The topological polar surface area (TPSA) is 13.1 Å². The molecular weight excluding hydrogens is 605 g/mol. The average Bonchev–Trinajstić information content (AvgIpc) is 3.59. The molecule has 0 N–H and O–H groups in total. The number of hydrogen-bond donors (Lipinski definition) is 0. The van der Waals surface area contributed by atoms with Crippen LogP contribution in [0.1, 0.15) is 22.6 Å². The summed E-state index contributed by atoms with van der Waals surface area (Å²) in [6.07, 6.45) is 0. The zero-order valence-electron chi connectivity index (χ0n) is 27.5. The predicted octanol–water partition coefficient (Wildman–Crippen LogP) is 13.4. The van der Waals surface area contributed by atoms with Gasteiger partial charge in [-0.2, -0.15) is 0 Å². The highest BCUT2D eigenvalue weighted by Crippen LogP contribution is 2.38. The molecule has 9 aromatic rings. The van der Waals surface area contributed by atoms with Crippen LogP contribution in [0.5, 0.6) is 0 Å². The summed E-state index contributed by atoms with van der Waals surface area (Å²) in [5, 5.41) is 2.29. The molecule has 1 heteroatoms. The van der Waals surface area contributed by atoms with Crippen molar-refractivity contribution in [3.63, 3.8) is 0 Å². The molecule has 0 fully saturated rings. The van der Waals surface area contributed by atoms with Gasteiger partial charge >= 0.3 is 0 Å². The van der Waals surface area contributed by atoms with Crippen LogP contribution in [0.25, 0.3) is 66.4 Å². The number of para-hydroxylation sites is 2. The van der Waals surface area contributed by atoms with Crippen LogP contribution in [0, 0.1) is 0 Å². The lowest BCUT2D eigenvalue weighted by atomic mass is 9.83. The van der Waals surface area contributed by atoms with E-state index in [1.165, 1.54) is 50.1 Å². The van der Waals surface area contributed by atoms with E-state index in [0.717, 1.165) is 33.1 Å². The fourth-order valence-corrected chi connectivity index (χ4v) is 7.28. The van der Waals surface area contributed by atoms with Crippen LogP contribution in [-0.2, 0) is 0 Å². The molecule has 0 saturated carbocycles. The van der Waals surface area contributed by atoms with Gasteiger partial charge in [-0.1, -0.05) is 188 Å². The first kappa shape index (κ1) is 29.7. The average molecular weight is 639 g/mol. The molecule has 1 nitrogen and oxygen atoms in total. The monoisotopic (exact) mass is 638 g/mol. The van der Waals surface area contributed by atoms with E-state index < -0.39 is 0 Å². The molecule has 50 heavy (non-hydrogen) atoms. The van der Waals surface area contributed by atoms with Crippen molar-refractivity contribution in [3.8, 4) is 44.5 Å². The molecule has 0 unspecified atom stereocenters. The number of rotatable bonds is 7. The fraction of sp³-hybridized carbons (Fsp3) is 0.0204. The molecule has 0 aliphatic rings. The van der Waals surface area contributed by atoms with Crippen LogP contribution >= 0.6 is 0 Å². The normalized spacial score (nSPS) is 11.4. The molecule has 0 spiro atoms. The Morgan fingerprint density at radius 2 is 0.720 bits per heavy atom. The van der Waals surface area contributed by atoms with Gasteiger partial charge in [0.1, 0.15) is 11.2 Å². The molecule has 0 atom stereocenters. The molecule has 0 bridgehead atoms. The summed E-state index contributed by atoms with van der Waals surface area (Å²) >= 11 is 0. The number of benzene rings is 8. The third-order valence-electron chi connectivity index (χ3n) is 9.86. The standard InChI is InChI=1S/C49H34O/c1-3-11-34(12-4-1)36-21-27-39(28-22-36)48(40-29-23-37(24-30-40)35-13-5-2-6-14-35)41-31-25-38(26-32-41)42-15-9-16-43(33-42)44-18-10-19-46-45-17-7-8-20-47(45)50-49(44)46/h1-33,48H. The van der Waals surface area contributed by atoms with E-state index >= 15 is 0 Å². The van der Waals surface area contributed by atoms with Crippen LogP contribution in [0.4, 0.5) is 0 Å². The second kappa shape index (κ2) is 12.9. The fourth-order valence-electron chi connectivity index (χ4n) is 7.28. The maximum Gasteiger partial charge on any atom is 0.143 e. The molecule has 0 aliphatic heterocycles. The molecular formula is C49H34O. The van der Waals surface area contributed by atoms with Crippen molar-refractivity contribution in [1.29, 1.82) is 0 Å². The highest BCUT2D eigenvalue weighted by atomic mass is 16.3. The summed E-state index contributed by atoms with van der Waals surface area (Å²) < 4.78 is 6.37. The largest absolute Gasteiger partial charge is 0.455 e. The Hall–Kier alpha value is -6.44. The minimum Gasteiger partial charge on any atom is -0.455 e. The zero-order valence-corrected chi connectivity index (χ0v) is 27.5. The lowest BCUT2D eigenvalue weighted by Gasteiger charge is -2.20. The SMILES string of the molecule is c1ccc(-c2ccc(C(c3ccc(-c4ccccc4)cc3)c3ccc(-c4cccc(-c5cccc6c5oc5ccccc56)c4)cc3)cc2)cc1. The van der Waals surface area contributed by atoms with Gasteiger partial charge in [-0.15, -0.1) is 0 Å². The Kier molecular flexibility index (Phi) is 7.64. The third-order valence-corrected chi connectivity index (χ3v) is 9.86. The van der Waals surface area contributed by atoms with Gasteiger partial charge < -0.3 is 4.42 Å². The Bertz CT molecular complexity index is 2460. The summed E-state index contributed by atoms with van der Waals surface area (Å²) in [7, 11) is 0. The molecule has 9 rings (SSSR count). The van der Waals surface area contributed by atoms with Crippen LogP contribution in [-0.4, -0.2) is 0 Å². The van der Waals surface area contributed by atoms with Crippen molar-refractivity contribution < 1.29 is 4.42 Å². The number of furan rings is 1. The molecule has 236 valence electrons. The first-order valence-electron chi connectivity index (χ1n) is 17.2. The van der Waals surface area contributed by atoms with E-state index in [1.807, 2.05) is 12.1 Å². The van der Waals surface area contributed by atoms with Crippen LogP contribution < -0.4 is 0 Å². The van der Waals surface area contributed by atoms with Gasteiger partial charge in [0.25, 0.3) is 0 Å². The van der Waals surface area contributed by atoms with Crippen LogP contribution in [0.3, 0.4) is 0 Å². The Morgan fingerprint density at radius 3 is 1.30 bits per heavy atom. The number of fused-ring (bicyclic) bond motifs is 3. The summed E-state index contributed by atoms with van der Waals surface area (Å²) in [5.41, 5.74) is 15.2. The molecule has 8 aromatic carbocycles. The highest BCUT2D eigenvalue weighted by Gasteiger charge is 2.18. The molecule has 0 saturated heterocycles. The van der Waals surface area contributed by atoms with E-state index in [1.54, 1.807) is 0 Å². The maximum atomic E-state index is 6.37. The van der Waals surface area contributed by atoms with Crippen LogP contribution in [0.2, 0.25) is 0 Å². The van der Waals surface area contributed by atoms with Crippen molar-refractivity contribution >= 4 is 21.9 Å². The van der Waals surface area contributed by atoms with E-state index in [-0.39, 0.29) is 5.92 Å². The molecule has 0 amide bonds. The van der Waals surface area contributed by atoms with Gasteiger partial charge in [-0.25, -0.2) is 0 Å². The predicted molar refractivity (Wildman–Crippen MR) is 209 cm³/mol. The van der Waals surface area contributed by atoms with Crippen LogP contribution in [0.15, 0.2) is 205 Å². The maximum absolute atomic E-state index is 6.37. The summed E-state index contributed by atoms with van der Waals surface area (Å²) in [6, 6.07) is 71.9. The van der Waals surface area contributed by atoms with Gasteiger partial charge in [-0.3, -0.25) is 0 Å². The smallest absolute Gasteiger partial charge is 0.143 e. The Balaban J connectivity index is 1.07. The number of hydrogen-bond acceptors (Lipinski definition) is 1. The Morgan fingerprint density at radius 1 is 0.300 bits per heavy atom. The minimum absolute atomic E-state index is 0.0933. The quantitative estimate of drug-likeness (QED) is 0.158. The van der Waals surface area contributed by atoms with Crippen molar-refractivity contribution in [2.24, 2.45) is 0 Å². The van der Waals surface area contributed by atoms with Crippen molar-refractivity contribution in [2.45, 2.75) is 5.92 Å². The second-order valence-electron chi connectivity index (χ2n) is 12.9. The van der Waals surface area contributed by atoms with Crippen molar-refractivity contribution in [3.05, 3.63) is 217 Å². The molecule has 0 radical (unpaired) electrons. The highest BCUT2D eigenvalue weighted by molar-refractivity contribution is 6.09. The second-order valence-corrected chi connectivity index (χ2v) is 12.9. The summed E-state index contributed by atoms with van der Waals surface area (Å²) in [6.45, 7) is 0. The van der Waals surface area contributed by atoms with Gasteiger partial charge in [0.2, 0.25) is 0 Å². The van der Waals surface area contributed by atoms with Crippen molar-refractivity contribution in [1.82, 2.24) is 0 Å². The first-order valence-corrected chi connectivity index (χ1v) is 17.2. The van der Waals surface area contributed by atoms with E-state index in [0.29, 0.717) is 0 Å². The van der Waals surface area contributed by atoms with E-state index in [4.69, 9.17) is 4.42 Å². The lowest BCUT2D eigenvalue weighted by molar-refractivity contribution is 0.670. The molecule has 1 heterocycles. The third kappa shape index (κ3) is 5.59. The van der Waals surface area contributed by atoms with Gasteiger partial charge in [0.15, 0.2) is 0 Å². The van der Waals surface area contributed by atoms with Gasteiger partial charge in [0, 0.05) is 22.3 Å². The van der Waals surface area contributed by atoms with E-state index in [9.17, 15) is 0 Å². The summed E-state index contributed by atoms with van der Waals surface area (Å²) in [5.74, 6) is 0.0933. The minimum atomic E-state index is 0.0933. The van der Waals surface area contributed by atoms with Crippen molar-refractivity contribution in [2.75, 3.05) is 0 Å².